The van der Waals surface area contributed by atoms with Crippen molar-refractivity contribution in [3.8, 4) is 0 Å². The lowest BCUT2D eigenvalue weighted by Crippen LogP contribution is -2.22. The van der Waals surface area contributed by atoms with E-state index in [0.29, 0.717) is 22.6 Å². The van der Waals surface area contributed by atoms with E-state index in [1.165, 1.54) is 0 Å². The number of benzene rings is 2. The van der Waals surface area contributed by atoms with Crippen LogP contribution in [0.3, 0.4) is 0 Å². The van der Waals surface area contributed by atoms with Crippen LogP contribution >= 0.6 is 27.3 Å². The van der Waals surface area contributed by atoms with Crippen LogP contribution in [0.15, 0.2) is 75.4 Å². The third-order valence-electron chi connectivity index (χ3n) is 3.73. The summed E-state index contributed by atoms with van der Waals surface area (Å²) in [6.45, 7) is 0.458. The van der Waals surface area contributed by atoms with Gasteiger partial charge in [0.05, 0.1) is 21.0 Å². The van der Waals surface area contributed by atoms with Crippen molar-refractivity contribution in [2.45, 2.75) is 17.2 Å². The van der Waals surface area contributed by atoms with Gasteiger partial charge in [0, 0.05) is 10.4 Å². The number of hydrogen-bond donors (Lipinski definition) is 1. The number of hydrogen-bond acceptors (Lipinski definition) is 4. The van der Waals surface area contributed by atoms with Crippen LogP contribution in [0.25, 0.3) is 0 Å². The van der Waals surface area contributed by atoms with Crippen molar-refractivity contribution in [2.75, 3.05) is 0 Å². The number of carbonyl (C=O) groups is 1. The third-order valence-corrected chi connectivity index (χ3v) is 7.05. The van der Waals surface area contributed by atoms with Crippen LogP contribution in [0, 0.1) is 0 Å². The maximum absolute atomic E-state index is 12.4. The van der Waals surface area contributed by atoms with E-state index in [9.17, 15) is 13.2 Å². The molecule has 0 aliphatic heterocycles. The molecule has 3 rings (SSSR count). The second kappa shape index (κ2) is 8.16. The van der Waals surface area contributed by atoms with E-state index >= 15 is 0 Å². The summed E-state index contributed by atoms with van der Waals surface area (Å²) < 4.78 is 25.8. The maximum Gasteiger partial charge on any atom is 0.251 e. The molecule has 0 unspecified atom stereocenters. The Hall–Kier alpha value is -1.96. The van der Waals surface area contributed by atoms with Gasteiger partial charge in [-0.05, 0) is 57.9 Å². The van der Waals surface area contributed by atoms with Gasteiger partial charge >= 0.3 is 0 Å². The molecule has 3 aromatic rings. The van der Waals surface area contributed by atoms with Crippen molar-refractivity contribution in [3.05, 3.63) is 86.5 Å². The Balaban J connectivity index is 1.63. The second-order valence-corrected chi connectivity index (χ2v) is 10.2. The van der Waals surface area contributed by atoms with Crippen molar-refractivity contribution < 1.29 is 13.2 Å². The fourth-order valence-electron chi connectivity index (χ4n) is 2.40. The molecule has 0 atom stereocenters. The van der Waals surface area contributed by atoms with Gasteiger partial charge in [-0.2, -0.15) is 0 Å². The monoisotopic (exact) mass is 449 g/mol. The lowest BCUT2D eigenvalue weighted by Gasteiger charge is -2.07. The fraction of sp³-hybridized carbons (Fsp3) is 0.105. The van der Waals surface area contributed by atoms with E-state index in [4.69, 9.17) is 0 Å². The Kier molecular flexibility index (Phi) is 5.90. The van der Waals surface area contributed by atoms with Gasteiger partial charge in [0.2, 0.25) is 0 Å². The predicted octanol–water partition coefficient (Wildman–Crippen LogP) is 4.41. The van der Waals surface area contributed by atoms with Gasteiger partial charge in [0.25, 0.3) is 5.91 Å². The second-order valence-electron chi connectivity index (χ2n) is 5.66. The van der Waals surface area contributed by atoms with Crippen molar-refractivity contribution in [1.29, 1.82) is 0 Å². The van der Waals surface area contributed by atoms with Crippen LogP contribution in [0.5, 0.6) is 0 Å². The first kappa shape index (κ1) is 18.8. The van der Waals surface area contributed by atoms with Crippen molar-refractivity contribution in [2.24, 2.45) is 0 Å². The highest BCUT2D eigenvalue weighted by atomic mass is 79.9. The van der Waals surface area contributed by atoms with E-state index in [2.05, 4.69) is 21.2 Å². The summed E-state index contributed by atoms with van der Waals surface area (Å²) in [6.07, 6.45) is 0. The number of nitrogens with one attached hydrogen (secondary N) is 1. The Morgan fingerprint density at radius 3 is 2.27 bits per heavy atom. The van der Waals surface area contributed by atoms with Gasteiger partial charge in [-0.1, -0.05) is 30.3 Å². The molecular weight excluding hydrogens is 434 g/mol. The van der Waals surface area contributed by atoms with Gasteiger partial charge in [-0.3, -0.25) is 4.79 Å². The minimum Gasteiger partial charge on any atom is -0.347 e. The van der Waals surface area contributed by atoms with E-state index in [1.54, 1.807) is 65.9 Å². The number of rotatable bonds is 6. The van der Waals surface area contributed by atoms with Crippen LogP contribution in [-0.2, 0) is 22.1 Å². The molecular formula is C19H16BrNO3S2. The molecule has 4 nitrogen and oxygen atoms in total. The number of carbonyl (C=O) groups excluding carboxylic acids is 1. The standard InChI is InChI=1S/C19H16BrNO3S2/c20-18-11-10-16(25-18)12-21-19(22)15-8-6-14(7-9-15)13-26(23,24)17-4-2-1-3-5-17/h1-11H,12-13H2,(H,21,22). The van der Waals surface area contributed by atoms with Crippen LogP contribution in [0.4, 0.5) is 0 Å². The van der Waals surface area contributed by atoms with Gasteiger partial charge in [0.1, 0.15) is 0 Å². The summed E-state index contributed by atoms with van der Waals surface area (Å²) in [5, 5.41) is 2.85. The molecule has 0 saturated heterocycles. The molecule has 0 bridgehead atoms. The van der Waals surface area contributed by atoms with Crippen LogP contribution in [0.1, 0.15) is 20.8 Å². The lowest BCUT2D eigenvalue weighted by molar-refractivity contribution is 0.0951. The minimum atomic E-state index is -3.39. The van der Waals surface area contributed by atoms with Crippen LogP contribution in [-0.4, -0.2) is 14.3 Å². The topological polar surface area (TPSA) is 63.2 Å². The summed E-state index contributed by atoms with van der Waals surface area (Å²) in [7, 11) is -3.39. The third kappa shape index (κ3) is 4.81. The number of sulfone groups is 1. The molecule has 0 spiro atoms. The molecule has 2 aromatic carbocycles. The maximum atomic E-state index is 12.4. The Bertz CT molecular complexity index is 997. The van der Waals surface area contributed by atoms with E-state index in [0.717, 1.165) is 8.66 Å². The minimum absolute atomic E-state index is 0.0951. The Morgan fingerprint density at radius 1 is 0.962 bits per heavy atom. The van der Waals surface area contributed by atoms with E-state index in [-0.39, 0.29) is 11.7 Å². The molecule has 1 heterocycles. The zero-order valence-electron chi connectivity index (χ0n) is 13.7. The van der Waals surface area contributed by atoms with Gasteiger partial charge in [-0.25, -0.2) is 8.42 Å². The molecule has 0 fully saturated rings. The number of thiophene rings is 1. The fourth-order valence-corrected chi connectivity index (χ4v) is 5.19. The zero-order chi connectivity index (χ0) is 18.6. The van der Waals surface area contributed by atoms with Crippen LogP contribution in [0.2, 0.25) is 0 Å². The molecule has 1 amide bonds. The molecule has 0 aliphatic rings. The Morgan fingerprint density at radius 2 is 1.65 bits per heavy atom. The van der Waals surface area contributed by atoms with Gasteiger partial charge in [-0.15, -0.1) is 11.3 Å². The SMILES string of the molecule is O=C(NCc1ccc(Br)s1)c1ccc(CS(=O)(=O)c2ccccc2)cc1. The van der Waals surface area contributed by atoms with Gasteiger partial charge in [0.15, 0.2) is 9.84 Å². The number of halogens is 1. The van der Waals surface area contributed by atoms with Crippen molar-refractivity contribution in [1.82, 2.24) is 5.32 Å². The molecule has 134 valence electrons. The largest absolute Gasteiger partial charge is 0.347 e. The first-order valence-corrected chi connectivity index (χ1v) is 11.1. The molecule has 1 aromatic heterocycles. The van der Waals surface area contributed by atoms with Gasteiger partial charge < -0.3 is 5.32 Å². The molecule has 26 heavy (non-hydrogen) atoms. The average molecular weight is 450 g/mol. The summed E-state index contributed by atoms with van der Waals surface area (Å²) in [6, 6.07) is 18.9. The van der Waals surface area contributed by atoms with Crippen molar-refractivity contribution in [3.63, 3.8) is 0 Å². The quantitative estimate of drug-likeness (QED) is 0.605. The summed E-state index contributed by atoms with van der Waals surface area (Å²) in [4.78, 5) is 13.6. The highest BCUT2D eigenvalue weighted by molar-refractivity contribution is 9.11. The lowest BCUT2D eigenvalue weighted by atomic mass is 10.1. The highest BCUT2D eigenvalue weighted by Crippen LogP contribution is 2.22. The normalized spacial score (nSPS) is 11.3. The molecule has 0 saturated carbocycles. The molecule has 0 radical (unpaired) electrons. The average Bonchev–Trinajstić information content (AvgIpc) is 3.06. The zero-order valence-corrected chi connectivity index (χ0v) is 16.9. The summed E-state index contributed by atoms with van der Waals surface area (Å²) in [5.74, 6) is -0.283. The van der Waals surface area contributed by atoms with Crippen molar-refractivity contribution >= 4 is 43.0 Å². The van der Waals surface area contributed by atoms with E-state index < -0.39 is 9.84 Å². The Labute approximate surface area is 164 Å². The number of amides is 1. The van der Waals surface area contributed by atoms with E-state index in [1.807, 2.05) is 12.1 Å². The molecule has 1 N–H and O–H groups in total. The first-order chi connectivity index (χ1) is 12.4. The predicted molar refractivity (Wildman–Crippen MR) is 107 cm³/mol. The smallest absolute Gasteiger partial charge is 0.251 e. The summed E-state index contributed by atoms with van der Waals surface area (Å²) >= 11 is 4.96. The van der Waals surface area contributed by atoms with Crippen LogP contribution < -0.4 is 5.32 Å². The highest BCUT2D eigenvalue weighted by Gasteiger charge is 2.15. The first-order valence-electron chi connectivity index (χ1n) is 7.83. The molecule has 7 heteroatoms. The molecule has 0 aliphatic carbocycles. The summed E-state index contributed by atoms with van der Waals surface area (Å²) in [5.41, 5.74) is 1.15.